The monoisotopic (exact) mass is 424 g/mol. The molecule has 1 atom stereocenters. The number of anilines is 1. The van der Waals surface area contributed by atoms with Crippen LogP contribution in [0.4, 0.5) is 5.69 Å². The molecule has 0 bridgehead atoms. The Morgan fingerprint density at radius 2 is 1.72 bits per heavy atom. The van der Waals surface area contributed by atoms with Gasteiger partial charge in [-0.1, -0.05) is 66.2 Å². The van der Waals surface area contributed by atoms with Gasteiger partial charge in [-0.3, -0.25) is 0 Å². The fourth-order valence-corrected chi connectivity index (χ4v) is 3.44. The minimum atomic E-state index is -0.439. The summed E-state index contributed by atoms with van der Waals surface area (Å²) in [6.07, 6.45) is 0. The molecule has 29 heavy (non-hydrogen) atoms. The van der Waals surface area contributed by atoms with Gasteiger partial charge >= 0.3 is 5.97 Å². The molecule has 2 N–H and O–H groups in total. The molecule has 3 aromatic carbocycles. The van der Waals surface area contributed by atoms with Crippen LogP contribution in [0, 0.1) is 6.92 Å². The molecule has 148 valence electrons. The van der Waals surface area contributed by atoms with Gasteiger partial charge in [0.15, 0.2) is 5.11 Å². The van der Waals surface area contributed by atoms with Crippen LogP contribution in [-0.2, 0) is 4.74 Å². The van der Waals surface area contributed by atoms with Crippen LogP contribution in [-0.4, -0.2) is 18.2 Å². The molecule has 0 heterocycles. The Balaban J connectivity index is 1.87. The third kappa shape index (κ3) is 5.13. The van der Waals surface area contributed by atoms with Gasteiger partial charge in [-0.2, -0.15) is 0 Å². The van der Waals surface area contributed by atoms with Crippen molar-refractivity contribution >= 4 is 40.6 Å². The summed E-state index contributed by atoms with van der Waals surface area (Å²) in [5.41, 5.74) is 4.28. The van der Waals surface area contributed by atoms with E-state index < -0.39 is 5.97 Å². The summed E-state index contributed by atoms with van der Waals surface area (Å²) in [6, 6.07) is 23.0. The molecule has 0 saturated carbocycles. The lowest BCUT2D eigenvalue weighted by atomic mass is 9.95. The Kier molecular flexibility index (Phi) is 6.86. The number of aryl methyl sites for hydroxylation is 1. The molecule has 0 spiro atoms. The van der Waals surface area contributed by atoms with Crippen molar-refractivity contribution in [2.45, 2.75) is 13.0 Å². The van der Waals surface area contributed by atoms with Crippen molar-refractivity contribution in [2.75, 3.05) is 12.4 Å². The molecule has 3 aromatic rings. The number of hydrogen-bond acceptors (Lipinski definition) is 3. The first-order chi connectivity index (χ1) is 14.0. The highest BCUT2D eigenvalue weighted by Gasteiger charge is 2.18. The van der Waals surface area contributed by atoms with Crippen LogP contribution in [0.5, 0.6) is 0 Å². The third-order valence-electron chi connectivity index (χ3n) is 4.54. The highest BCUT2D eigenvalue weighted by Crippen LogP contribution is 2.27. The summed E-state index contributed by atoms with van der Waals surface area (Å²) in [7, 11) is 1.34. The van der Waals surface area contributed by atoms with Crippen molar-refractivity contribution in [1.82, 2.24) is 5.32 Å². The summed E-state index contributed by atoms with van der Waals surface area (Å²) in [4.78, 5) is 11.8. The number of hydrogen-bond donors (Lipinski definition) is 2. The topological polar surface area (TPSA) is 50.4 Å². The minimum Gasteiger partial charge on any atom is -0.465 e. The Hall–Kier alpha value is -2.89. The molecule has 6 heteroatoms. The van der Waals surface area contributed by atoms with Crippen molar-refractivity contribution in [1.29, 1.82) is 0 Å². The number of nitrogens with one attached hydrogen (secondary N) is 2. The molecule has 4 nitrogen and oxygen atoms in total. The first kappa shape index (κ1) is 20.8. The van der Waals surface area contributed by atoms with Crippen LogP contribution in [0.3, 0.4) is 0 Å². The molecular formula is C23H21ClN2O2S. The molecule has 0 radical (unpaired) electrons. The molecular weight excluding hydrogens is 404 g/mol. The van der Waals surface area contributed by atoms with Crippen LogP contribution in [0.15, 0.2) is 72.8 Å². The maximum absolute atomic E-state index is 11.8. The molecule has 0 unspecified atom stereocenters. The number of benzene rings is 3. The van der Waals surface area contributed by atoms with Crippen molar-refractivity contribution in [2.24, 2.45) is 0 Å². The summed E-state index contributed by atoms with van der Waals surface area (Å²) in [5.74, 6) is -0.439. The zero-order valence-corrected chi connectivity index (χ0v) is 17.7. The Morgan fingerprint density at radius 1 is 1.03 bits per heavy atom. The maximum Gasteiger partial charge on any atom is 0.337 e. The van der Waals surface area contributed by atoms with E-state index in [9.17, 15) is 4.79 Å². The first-order valence-electron chi connectivity index (χ1n) is 9.05. The van der Waals surface area contributed by atoms with E-state index in [1.54, 1.807) is 18.2 Å². The number of esters is 1. The summed E-state index contributed by atoms with van der Waals surface area (Å²) in [6.45, 7) is 2.07. The van der Waals surface area contributed by atoms with Crippen LogP contribution >= 0.6 is 23.8 Å². The molecule has 0 amide bonds. The minimum absolute atomic E-state index is 0.139. The van der Waals surface area contributed by atoms with Gasteiger partial charge in [-0.15, -0.1) is 0 Å². The van der Waals surface area contributed by atoms with Gasteiger partial charge in [0.05, 0.1) is 29.4 Å². The molecule has 0 fully saturated rings. The quantitative estimate of drug-likeness (QED) is 0.417. The predicted octanol–water partition coefficient (Wildman–Crippen LogP) is 5.51. The molecule has 3 rings (SSSR count). The van der Waals surface area contributed by atoms with Gasteiger partial charge in [-0.25, -0.2) is 4.79 Å². The lowest BCUT2D eigenvalue weighted by Gasteiger charge is -2.24. The van der Waals surface area contributed by atoms with Gasteiger partial charge in [0.1, 0.15) is 0 Å². The average Bonchev–Trinajstić information content (AvgIpc) is 2.74. The highest BCUT2D eigenvalue weighted by atomic mass is 35.5. The number of carbonyl (C=O) groups excluding carboxylic acids is 1. The maximum atomic E-state index is 11.8. The van der Waals surface area contributed by atoms with Crippen molar-refractivity contribution in [3.8, 4) is 0 Å². The first-order valence-corrected chi connectivity index (χ1v) is 9.84. The van der Waals surface area contributed by atoms with Crippen molar-refractivity contribution in [3.05, 3.63) is 100 Å². The van der Waals surface area contributed by atoms with E-state index in [1.165, 1.54) is 7.11 Å². The van der Waals surface area contributed by atoms with Gasteiger partial charge in [0.2, 0.25) is 0 Å². The van der Waals surface area contributed by atoms with Crippen LogP contribution in [0.2, 0.25) is 5.02 Å². The molecule has 0 aliphatic carbocycles. The van der Waals surface area contributed by atoms with E-state index in [1.807, 2.05) is 30.3 Å². The average molecular weight is 425 g/mol. The van der Waals surface area contributed by atoms with E-state index in [-0.39, 0.29) is 6.04 Å². The number of thiocarbonyl (C=S) groups is 1. The van der Waals surface area contributed by atoms with Crippen molar-refractivity contribution < 1.29 is 9.53 Å². The fraction of sp³-hybridized carbons (Fsp3) is 0.130. The third-order valence-corrected chi connectivity index (χ3v) is 5.09. The van der Waals surface area contributed by atoms with E-state index in [0.717, 1.165) is 16.7 Å². The molecule has 0 aliphatic rings. The zero-order chi connectivity index (χ0) is 20.8. The standard InChI is InChI=1S/C23H21ClN2O2S/c1-15-8-6-7-11-18(15)21(16-9-4-3-5-10-16)26-23(29)25-20-14-17(22(27)28-2)12-13-19(20)24/h3-14,21H,1-2H3,(H2,25,26,29)/t21-/m0/s1. The summed E-state index contributed by atoms with van der Waals surface area (Å²) >= 11 is 11.8. The molecule has 0 aromatic heterocycles. The van der Waals surface area contributed by atoms with Crippen LogP contribution < -0.4 is 10.6 Å². The normalized spacial score (nSPS) is 11.4. The highest BCUT2D eigenvalue weighted by molar-refractivity contribution is 7.80. The largest absolute Gasteiger partial charge is 0.465 e. The predicted molar refractivity (Wildman–Crippen MR) is 122 cm³/mol. The summed E-state index contributed by atoms with van der Waals surface area (Å²) in [5, 5.41) is 7.32. The number of rotatable bonds is 5. The van der Waals surface area contributed by atoms with E-state index in [0.29, 0.717) is 21.4 Å². The van der Waals surface area contributed by atoms with Crippen LogP contribution in [0.25, 0.3) is 0 Å². The van der Waals surface area contributed by atoms with Gasteiger partial charge in [-0.05, 0) is 54.0 Å². The van der Waals surface area contributed by atoms with Gasteiger partial charge < -0.3 is 15.4 Å². The Labute approximate surface area is 180 Å². The van der Waals surface area contributed by atoms with E-state index >= 15 is 0 Å². The molecule has 0 aliphatic heterocycles. The fourth-order valence-electron chi connectivity index (χ4n) is 3.05. The number of methoxy groups -OCH3 is 1. The smallest absolute Gasteiger partial charge is 0.337 e. The molecule has 0 saturated heterocycles. The second-order valence-corrected chi connectivity index (χ2v) is 7.30. The second-order valence-electron chi connectivity index (χ2n) is 6.48. The van der Waals surface area contributed by atoms with E-state index in [4.69, 9.17) is 28.6 Å². The SMILES string of the molecule is COC(=O)c1ccc(Cl)c(NC(=S)N[C@@H](c2ccccc2)c2ccccc2C)c1. The number of halogens is 1. The van der Waals surface area contributed by atoms with E-state index in [2.05, 4.69) is 41.8 Å². The Bertz CT molecular complexity index is 1020. The van der Waals surface area contributed by atoms with Crippen molar-refractivity contribution in [3.63, 3.8) is 0 Å². The lowest BCUT2D eigenvalue weighted by Crippen LogP contribution is -2.33. The second kappa shape index (κ2) is 9.54. The zero-order valence-electron chi connectivity index (χ0n) is 16.1. The van der Waals surface area contributed by atoms with Gasteiger partial charge in [0, 0.05) is 0 Å². The van der Waals surface area contributed by atoms with Gasteiger partial charge in [0.25, 0.3) is 0 Å². The lowest BCUT2D eigenvalue weighted by molar-refractivity contribution is 0.0601. The summed E-state index contributed by atoms with van der Waals surface area (Å²) < 4.78 is 4.77. The number of ether oxygens (including phenoxy) is 1. The Morgan fingerprint density at radius 3 is 2.41 bits per heavy atom. The number of carbonyl (C=O) groups is 1. The van der Waals surface area contributed by atoms with Crippen LogP contribution in [0.1, 0.15) is 33.1 Å².